The van der Waals surface area contributed by atoms with Gasteiger partial charge < -0.3 is 4.57 Å². The zero-order valence-corrected chi connectivity index (χ0v) is 13.0. The molecule has 0 saturated heterocycles. The van der Waals surface area contributed by atoms with Gasteiger partial charge in [-0.15, -0.1) is 0 Å². The molecule has 108 valence electrons. The summed E-state index contributed by atoms with van der Waals surface area (Å²) in [5.74, 6) is 0. The predicted molar refractivity (Wildman–Crippen MR) is 94.5 cm³/mol. The third-order valence-electron chi connectivity index (χ3n) is 4.36. The van der Waals surface area contributed by atoms with Crippen molar-refractivity contribution in [2.24, 2.45) is 0 Å². The van der Waals surface area contributed by atoms with Crippen molar-refractivity contribution in [3.05, 3.63) is 83.4 Å². The fourth-order valence-electron chi connectivity index (χ4n) is 3.27. The van der Waals surface area contributed by atoms with Crippen LogP contribution in [0.25, 0.3) is 21.8 Å². The van der Waals surface area contributed by atoms with Crippen molar-refractivity contribution in [2.75, 3.05) is 0 Å². The summed E-state index contributed by atoms with van der Waals surface area (Å²) >= 11 is 0. The normalized spacial score (nSPS) is 11.4. The number of nitrogens with zero attached hydrogens (tertiary/aromatic N) is 1. The van der Waals surface area contributed by atoms with Crippen LogP contribution in [0.5, 0.6) is 0 Å². The first kappa shape index (κ1) is 13.1. The maximum atomic E-state index is 2.43. The second-order valence-electron chi connectivity index (χ2n) is 6.11. The minimum absolute atomic E-state index is 0.910. The van der Waals surface area contributed by atoms with Gasteiger partial charge in [0.25, 0.3) is 0 Å². The molecule has 1 heterocycles. The molecule has 1 aromatic heterocycles. The molecule has 3 aromatic carbocycles. The van der Waals surface area contributed by atoms with Crippen LogP contribution in [0.1, 0.15) is 16.7 Å². The van der Waals surface area contributed by atoms with Crippen molar-refractivity contribution >= 4 is 21.8 Å². The number of hydrogen-bond donors (Lipinski definition) is 0. The molecular weight excluding hydrogens is 266 g/mol. The molecule has 1 nitrogen and oxygen atoms in total. The lowest BCUT2D eigenvalue weighted by Gasteiger charge is -2.08. The van der Waals surface area contributed by atoms with Gasteiger partial charge in [-0.25, -0.2) is 0 Å². The average molecular weight is 285 g/mol. The molecule has 0 atom stereocenters. The Morgan fingerprint density at radius 1 is 0.682 bits per heavy atom. The van der Waals surface area contributed by atoms with E-state index in [0.717, 1.165) is 6.54 Å². The smallest absolute Gasteiger partial charge is 0.0494 e. The van der Waals surface area contributed by atoms with Gasteiger partial charge in [0.15, 0.2) is 0 Å². The first-order valence-electron chi connectivity index (χ1n) is 7.75. The van der Waals surface area contributed by atoms with E-state index in [9.17, 15) is 0 Å². The summed E-state index contributed by atoms with van der Waals surface area (Å²) in [6.45, 7) is 5.23. The highest BCUT2D eigenvalue weighted by atomic mass is 15.0. The van der Waals surface area contributed by atoms with Crippen molar-refractivity contribution in [2.45, 2.75) is 20.4 Å². The fourth-order valence-corrected chi connectivity index (χ4v) is 3.27. The largest absolute Gasteiger partial charge is 0.336 e. The Morgan fingerprint density at radius 2 is 1.23 bits per heavy atom. The molecule has 0 aliphatic heterocycles. The molecule has 0 aliphatic carbocycles. The Morgan fingerprint density at radius 3 is 1.77 bits per heavy atom. The van der Waals surface area contributed by atoms with Gasteiger partial charge in [0, 0.05) is 28.4 Å². The summed E-state index contributed by atoms with van der Waals surface area (Å²) in [4.78, 5) is 0. The SMILES string of the molecule is Cc1ccc2c(c1)c1cc(C)ccc1n2Cc1ccccc1. The van der Waals surface area contributed by atoms with Crippen molar-refractivity contribution in [3.8, 4) is 0 Å². The number of fused-ring (bicyclic) bond motifs is 3. The highest BCUT2D eigenvalue weighted by molar-refractivity contribution is 6.08. The van der Waals surface area contributed by atoms with E-state index in [-0.39, 0.29) is 0 Å². The third kappa shape index (κ3) is 2.10. The van der Waals surface area contributed by atoms with E-state index in [1.165, 1.54) is 38.5 Å². The molecule has 1 heteroatoms. The standard InChI is InChI=1S/C21H19N/c1-15-8-10-20-18(12-15)19-13-16(2)9-11-21(19)22(20)14-17-6-4-3-5-7-17/h3-13H,14H2,1-2H3. The molecule has 0 saturated carbocycles. The Labute approximate surface area is 130 Å². The van der Waals surface area contributed by atoms with Crippen molar-refractivity contribution < 1.29 is 0 Å². The molecule has 0 amide bonds. The van der Waals surface area contributed by atoms with Gasteiger partial charge in [-0.05, 0) is 43.7 Å². The molecule has 0 radical (unpaired) electrons. The van der Waals surface area contributed by atoms with E-state index in [1.807, 2.05) is 0 Å². The quantitative estimate of drug-likeness (QED) is 0.461. The van der Waals surface area contributed by atoms with E-state index in [1.54, 1.807) is 0 Å². The van der Waals surface area contributed by atoms with Crippen LogP contribution in [0.15, 0.2) is 66.7 Å². The van der Waals surface area contributed by atoms with E-state index < -0.39 is 0 Å². The van der Waals surface area contributed by atoms with Gasteiger partial charge in [0.2, 0.25) is 0 Å². The lowest BCUT2D eigenvalue weighted by Crippen LogP contribution is -1.99. The number of rotatable bonds is 2. The number of aromatic nitrogens is 1. The molecule has 4 rings (SSSR count). The van der Waals surface area contributed by atoms with Gasteiger partial charge in [-0.2, -0.15) is 0 Å². The maximum absolute atomic E-state index is 2.43. The second-order valence-corrected chi connectivity index (χ2v) is 6.11. The van der Waals surface area contributed by atoms with Crippen LogP contribution in [0, 0.1) is 13.8 Å². The van der Waals surface area contributed by atoms with Crippen LogP contribution in [-0.2, 0) is 6.54 Å². The third-order valence-corrected chi connectivity index (χ3v) is 4.36. The molecule has 0 aliphatic rings. The van der Waals surface area contributed by atoms with Gasteiger partial charge in [-0.3, -0.25) is 0 Å². The highest BCUT2D eigenvalue weighted by Crippen LogP contribution is 2.31. The highest BCUT2D eigenvalue weighted by Gasteiger charge is 2.11. The van der Waals surface area contributed by atoms with E-state index >= 15 is 0 Å². The second kappa shape index (κ2) is 5.03. The minimum Gasteiger partial charge on any atom is -0.336 e. The number of hydrogen-bond acceptors (Lipinski definition) is 0. The van der Waals surface area contributed by atoms with Crippen molar-refractivity contribution in [3.63, 3.8) is 0 Å². The summed E-state index contributed by atoms with van der Waals surface area (Å²) in [5, 5.41) is 2.71. The van der Waals surface area contributed by atoms with Gasteiger partial charge in [0.05, 0.1) is 0 Å². The Kier molecular flexibility index (Phi) is 3.00. The van der Waals surface area contributed by atoms with Crippen LogP contribution in [0.3, 0.4) is 0 Å². The maximum Gasteiger partial charge on any atom is 0.0494 e. The predicted octanol–water partition coefficient (Wildman–Crippen LogP) is 5.46. The molecular formula is C21H19N. The first-order valence-corrected chi connectivity index (χ1v) is 7.75. The Balaban J connectivity index is 2.02. The van der Waals surface area contributed by atoms with E-state index in [4.69, 9.17) is 0 Å². The van der Waals surface area contributed by atoms with Gasteiger partial charge >= 0.3 is 0 Å². The summed E-state index contributed by atoms with van der Waals surface area (Å²) in [5.41, 5.74) is 6.59. The molecule has 22 heavy (non-hydrogen) atoms. The van der Waals surface area contributed by atoms with Crippen molar-refractivity contribution in [1.82, 2.24) is 4.57 Å². The Hall–Kier alpha value is -2.54. The first-order chi connectivity index (χ1) is 10.7. The average Bonchev–Trinajstić information content (AvgIpc) is 2.81. The summed E-state index contributed by atoms with van der Waals surface area (Å²) in [6.07, 6.45) is 0. The minimum atomic E-state index is 0.910. The van der Waals surface area contributed by atoms with E-state index in [2.05, 4.69) is 85.1 Å². The lowest BCUT2D eigenvalue weighted by atomic mass is 10.1. The molecule has 0 N–H and O–H groups in total. The number of aryl methyl sites for hydroxylation is 2. The fraction of sp³-hybridized carbons (Fsp3) is 0.143. The summed E-state index contributed by atoms with van der Waals surface area (Å²) in [7, 11) is 0. The van der Waals surface area contributed by atoms with Crippen LogP contribution >= 0.6 is 0 Å². The van der Waals surface area contributed by atoms with Crippen LogP contribution in [0.4, 0.5) is 0 Å². The molecule has 0 spiro atoms. The van der Waals surface area contributed by atoms with Gasteiger partial charge in [0.1, 0.15) is 0 Å². The van der Waals surface area contributed by atoms with Crippen LogP contribution < -0.4 is 0 Å². The molecule has 0 bridgehead atoms. The summed E-state index contributed by atoms with van der Waals surface area (Å²) in [6, 6.07) is 24.2. The van der Waals surface area contributed by atoms with Gasteiger partial charge in [-0.1, -0.05) is 53.6 Å². The van der Waals surface area contributed by atoms with E-state index in [0.29, 0.717) is 0 Å². The Bertz CT molecular complexity index is 902. The summed E-state index contributed by atoms with van der Waals surface area (Å²) < 4.78 is 2.43. The van der Waals surface area contributed by atoms with Crippen LogP contribution in [-0.4, -0.2) is 4.57 Å². The lowest BCUT2D eigenvalue weighted by molar-refractivity contribution is 0.869. The molecule has 0 unspecified atom stereocenters. The molecule has 4 aromatic rings. The monoisotopic (exact) mass is 285 g/mol. The topological polar surface area (TPSA) is 4.93 Å². The van der Waals surface area contributed by atoms with Crippen molar-refractivity contribution in [1.29, 1.82) is 0 Å². The molecule has 0 fully saturated rings. The zero-order chi connectivity index (χ0) is 15.1. The zero-order valence-electron chi connectivity index (χ0n) is 13.0. The number of benzene rings is 3. The van der Waals surface area contributed by atoms with Crippen LogP contribution in [0.2, 0.25) is 0 Å².